The minimum Gasteiger partial charge on any atom is -0.278 e. The fraction of sp³-hybridized carbons (Fsp3) is 0.667. The van der Waals surface area contributed by atoms with Crippen molar-refractivity contribution in [3.05, 3.63) is 21.3 Å². The van der Waals surface area contributed by atoms with Gasteiger partial charge in [-0.2, -0.15) is 0 Å². The number of aromatic amines is 1. The van der Waals surface area contributed by atoms with Crippen LogP contribution in [0.15, 0.2) is 10.9 Å². The van der Waals surface area contributed by atoms with E-state index in [2.05, 4.69) is 25.1 Å². The Kier molecular flexibility index (Phi) is 4.24. The quantitative estimate of drug-likeness (QED) is 0.665. The molecule has 1 aromatic heterocycles. The first-order chi connectivity index (χ1) is 5.50. The van der Waals surface area contributed by atoms with Gasteiger partial charge in [0.1, 0.15) is 0 Å². The smallest absolute Gasteiger partial charge is 0.258 e. The maximum Gasteiger partial charge on any atom is 0.258 e. The lowest BCUT2D eigenvalue weighted by atomic mass is 9.95. The van der Waals surface area contributed by atoms with Crippen LogP contribution in [0.25, 0.3) is 0 Å². The van der Waals surface area contributed by atoms with Crippen molar-refractivity contribution in [3.8, 4) is 0 Å². The van der Waals surface area contributed by atoms with Crippen molar-refractivity contribution in [2.45, 2.75) is 40.0 Å². The molecule has 1 heterocycles. The van der Waals surface area contributed by atoms with Crippen molar-refractivity contribution in [1.82, 2.24) is 4.37 Å². The predicted molar refractivity (Wildman–Crippen MR) is 55.0 cm³/mol. The van der Waals surface area contributed by atoms with Crippen molar-refractivity contribution < 1.29 is 0 Å². The van der Waals surface area contributed by atoms with Gasteiger partial charge in [0.25, 0.3) is 5.56 Å². The van der Waals surface area contributed by atoms with Crippen LogP contribution >= 0.6 is 11.5 Å². The molecule has 0 saturated carbocycles. The molecule has 0 aliphatic heterocycles. The predicted octanol–water partition coefficient (Wildman–Crippen LogP) is 2.76. The average molecular weight is 187 g/mol. The van der Waals surface area contributed by atoms with Crippen LogP contribution in [0.3, 0.4) is 0 Å². The second kappa shape index (κ2) is 4.45. The van der Waals surface area contributed by atoms with Gasteiger partial charge in [0.15, 0.2) is 0 Å². The first-order valence-electron chi connectivity index (χ1n) is 4.19. The zero-order valence-corrected chi connectivity index (χ0v) is 9.21. The lowest BCUT2D eigenvalue weighted by Gasteiger charge is -2.13. The summed E-state index contributed by atoms with van der Waals surface area (Å²) in [6.45, 7) is 10.3. The molecule has 0 bridgehead atoms. The van der Waals surface area contributed by atoms with Crippen LogP contribution in [0.4, 0.5) is 0 Å². The van der Waals surface area contributed by atoms with Gasteiger partial charge in [-0.05, 0) is 5.41 Å². The zero-order valence-electron chi connectivity index (χ0n) is 8.39. The molecule has 0 saturated heterocycles. The van der Waals surface area contributed by atoms with Crippen LogP contribution in [-0.2, 0) is 5.41 Å². The molecular formula is C9H17NOS. The normalized spacial score (nSPS) is 10.4. The third-order valence-corrected chi connectivity index (χ3v) is 2.52. The van der Waals surface area contributed by atoms with E-state index < -0.39 is 0 Å². The van der Waals surface area contributed by atoms with Crippen LogP contribution in [-0.4, -0.2) is 4.37 Å². The zero-order chi connectivity index (χ0) is 9.78. The van der Waals surface area contributed by atoms with Gasteiger partial charge >= 0.3 is 0 Å². The molecule has 0 atom stereocenters. The number of hydrogen-bond acceptors (Lipinski definition) is 2. The van der Waals surface area contributed by atoms with E-state index in [9.17, 15) is 4.79 Å². The molecule has 0 radical (unpaired) electrons. The van der Waals surface area contributed by atoms with E-state index in [1.807, 2.05) is 13.8 Å². The van der Waals surface area contributed by atoms with E-state index >= 15 is 0 Å². The van der Waals surface area contributed by atoms with Gasteiger partial charge < -0.3 is 0 Å². The standard InChI is InChI=1S/C7H11NOS.C2H6/c1-7(2,3)5-4-6(9)8-10-5;1-2/h4H,1-3H3,(H,8,9);1-2H3. The monoisotopic (exact) mass is 187 g/mol. The Morgan fingerprint density at radius 2 is 1.83 bits per heavy atom. The lowest BCUT2D eigenvalue weighted by molar-refractivity contribution is 0.603. The maximum absolute atomic E-state index is 10.7. The largest absolute Gasteiger partial charge is 0.278 e. The molecule has 0 aliphatic rings. The maximum atomic E-state index is 10.7. The van der Waals surface area contributed by atoms with Crippen LogP contribution < -0.4 is 5.56 Å². The first kappa shape index (κ1) is 11.4. The molecule has 70 valence electrons. The summed E-state index contributed by atoms with van der Waals surface area (Å²) in [6, 6.07) is 1.66. The topological polar surface area (TPSA) is 32.9 Å². The van der Waals surface area contributed by atoms with Crippen molar-refractivity contribution in [1.29, 1.82) is 0 Å². The van der Waals surface area contributed by atoms with Gasteiger partial charge in [-0.1, -0.05) is 46.2 Å². The molecule has 2 nitrogen and oxygen atoms in total. The highest BCUT2D eigenvalue weighted by Crippen LogP contribution is 2.22. The summed E-state index contributed by atoms with van der Waals surface area (Å²) in [4.78, 5) is 11.8. The van der Waals surface area contributed by atoms with Crippen molar-refractivity contribution in [2.75, 3.05) is 0 Å². The van der Waals surface area contributed by atoms with Gasteiger partial charge in [-0.3, -0.25) is 9.17 Å². The minimum absolute atomic E-state index is 0.00919. The van der Waals surface area contributed by atoms with Crippen molar-refractivity contribution in [2.24, 2.45) is 0 Å². The lowest BCUT2D eigenvalue weighted by Crippen LogP contribution is -2.08. The number of H-pyrrole nitrogens is 1. The molecule has 1 N–H and O–H groups in total. The van der Waals surface area contributed by atoms with Crippen LogP contribution in [0.5, 0.6) is 0 Å². The summed E-state index contributed by atoms with van der Waals surface area (Å²) in [5, 5.41) is 0. The Labute approximate surface area is 77.8 Å². The Hall–Kier alpha value is -0.570. The van der Waals surface area contributed by atoms with Gasteiger partial charge in [0.05, 0.1) is 0 Å². The molecule has 0 amide bonds. The SMILES string of the molecule is CC.CC(C)(C)c1cc(=O)[nH]s1. The number of nitrogens with one attached hydrogen (secondary N) is 1. The molecule has 1 aromatic rings. The highest BCUT2D eigenvalue weighted by Gasteiger charge is 2.15. The third-order valence-electron chi connectivity index (χ3n) is 1.26. The second-order valence-electron chi connectivity index (χ2n) is 3.33. The van der Waals surface area contributed by atoms with E-state index in [0.717, 1.165) is 4.88 Å². The highest BCUT2D eigenvalue weighted by atomic mass is 32.1. The summed E-state index contributed by atoms with van der Waals surface area (Å²) >= 11 is 1.42. The van der Waals surface area contributed by atoms with E-state index in [1.165, 1.54) is 11.5 Å². The summed E-state index contributed by atoms with van der Waals surface area (Å²) < 4.78 is 2.66. The second-order valence-corrected chi connectivity index (χ2v) is 4.18. The average Bonchev–Trinajstić information content (AvgIpc) is 2.39. The van der Waals surface area contributed by atoms with E-state index in [0.29, 0.717) is 0 Å². The summed E-state index contributed by atoms with van der Waals surface area (Å²) in [5.41, 5.74) is 0.110. The third kappa shape index (κ3) is 3.22. The number of aromatic nitrogens is 1. The molecule has 0 fully saturated rings. The Bertz CT molecular complexity index is 267. The Morgan fingerprint density at radius 1 is 1.33 bits per heavy atom. The molecule has 3 heteroatoms. The molecule has 1 rings (SSSR count). The summed E-state index contributed by atoms with van der Waals surface area (Å²) in [5.74, 6) is 0. The van der Waals surface area contributed by atoms with Crippen LogP contribution in [0.1, 0.15) is 39.5 Å². The minimum atomic E-state index is 0.00919. The first-order valence-corrected chi connectivity index (χ1v) is 5.01. The molecule has 12 heavy (non-hydrogen) atoms. The van der Waals surface area contributed by atoms with Crippen molar-refractivity contribution in [3.63, 3.8) is 0 Å². The Balaban J connectivity index is 0.000000561. The van der Waals surface area contributed by atoms with E-state index in [4.69, 9.17) is 0 Å². The van der Waals surface area contributed by atoms with E-state index in [1.54, 1.807) is 6.07 Å². The number of rotatable bonds is 0. The fourth-order valence-corrected chi connectivity index (χ4v) is 1.39. The summed E-state index contributed by atoms with van der Waals surface area (Å²) in [6.07, 6.45) is 0. The fourth-order valence-electron chi connectivity index (χ4n) is 0.653. The van der Waals surface area contributed by atoms with Crippen LogP contribution in [0, 0.1) is 0 Å². The molecular weight excluding hydrogens is 170 g/mol. The molecule has 0 spiro atoms. The van der Waals surface area contributed by atoms with Crippen molar-refractivity contribution >= 4 is 11.5 Å². The Morgan fingerprint density at radius 3 is 2.00 bits per heavy atom. The summed E-state index contributed by atoms with van der Waals surface area (Å²) in [7, 11) is 0. The van der Waals surface area contributed by atoms with Gasteiger partial charge in [0, 0.05) is 10.9 Å². The van der Waals surface area contributed by atoms with E-state index in [-0.39, 0.29) is 11.0 Å². The number of hydrogen-bond donors (Lipinski definition) is 1. The molecule has 0 aromatic carbocycles. The van der Waals surface area contributed by atoms with Crippen LogP contribution in [0.2, 0.25) is 0 Å². The van der Waals surface area contributed by atoms with Gasteiger partial charge in [0.2, 0.25) is 0 Å². The van der Waals surface area contributed by atoms with Gasteiger partial charge in [-0.15, -0.1) is 0 Å². The molecule has 0 aliphatic carbocycles. The highest BCUT2D eigenvalue weighted by molar-refractivity contribution is 7.05. The van der Waals surface area contributed by atoms with Gasteiger partial charge in [-0.25, -0.2) is 0 Å². The molecule has 0 unspecified atom stereocenters.